The van der Waals surface area contributed by atoms with Crippen LogP contribution in [-0.2, 0) is 7.05 Å². The van der Waals surface area contributed by atoms with Gasteiger partial charge in [0, 0.05) is 49.6 Å². The SMILES string of the molecule is Cc1nc2cc(C(=O)N3CCCC(c4nc(-c5cccnc5)n[nH]4)C3)ccc2n1C. The van der Waals surface area contributed by atoms with E-state index in [1.165, 1.54) is 0 Å². The zero-order valence-corrected chi connectivity index (χ0v) is 17.0. The molecule has 1 N–H and O–H groups in total. The highest BCUT2D eigenvalue weighted by atomic mass is 16.2. The molecule has 1 aromatic carbocycles. The van der Waals surface area contributed by atoms with Crippen molar-refractivity contribution in [1.29, 1.82) is 0 Å². The number of carbonyl (C=O) groups is 1. The van der Waals surface area contributed by atoms with Crippen LogP contribution in [-0.4, -0.2) is 53.6 Å². The van der Waals surface area contributed by atoms with Gasteiger partial charge in [0.1, 0.15) is 11.6 Å². The number of H-pyrrole nitrogens is 1. The summed E-state index contributed by atoms with van der Waals surface area (Å²) in [5, 5.41) is 7.41. The first-order chi connectivity index (χ1) is 14.6. The number of aryl methyl sites for hydroxylation is 2. The van der Waals surface area contributed by atoms with E-state index in [1.54, 1.807) is 12.4 Å². The summed E-state index contributed by atoms with van der Waals surface area (Å²) in [6.07, 6.45) is 5.39. The molecule has 1 atom stereocenters. The smallest absolute Gasteiger partial charge is 0.253 e. The minimum absolute atomic E-state index is 0.0388. The van der Waals surface area contributed by atoms with E-state index in [0.717, 1.165) is 47.6 Å². The molecule has 8 heteroatoms. The molecule has 1 unspecified atom stereocenters. The molecule has 8 nitrogen and oxygen atoms in total. The van der Waals surface area contributed by atoms with Gasteiger partial charge in [0.25, 0.3) is 5.91 Å². The minimum atomic E-state index is 0.0388. The molecule has 1 amide bonds. The maximum atomic E-state index is 13.2. The van der Waals surface area contributed by atoms with E-state index in [1.807, 2.05) is 53.8 Å². The standard InChI is InChI=1S/C22H23N7O/c1-14-24-18-11-15(7-8-19(18)28(14)2)22(30)29-10-4-6-17(13-29)21-25-20(26-27-21)16-5-3-9-23-12-16/h3,5,7-9,11-12,17H,4,6,10,13H2,1-2H3,(H,25,26,27). The fourth-order valence-electron chi connectivity index (χ4n) is 4.10. The average molecular weight is 401 g/mol. The number of carbonyl (C=O) groups excluding carboxylic acids is 1. The fourth-order valence-corrected chi connectivity index (χ4v) is 4.10. The monoisotopic (exact) mass is 401 g/mol. The van der Waals surface area contributed by atoms with Crippen molar-refractivity contribution in [2.24, 2.45) is 7.05 Å². The van der Waals surface area contributed by atoms with Gasteiger partial charge in [-0.15, -0.1) is 0 Å². The molecule has 1 saturated heterocycles. The van der Waals surface area contributed by atoms with Crippen LogP contribution in [0.3, 0.4) is 0 Å². The highest BCUT2D eigenvalue weighted by molar-refractivity contribution is 5.97. The molecule has 0 radical (unpaired) electrons. The van der Waals surface area contributed by atoms with E-state index >= 15 is 0 Å². The number of hydrogen-bond acceptors (Lipinski definition) is 5. The maximum absolute atomic E-state index is 13.2. The van der Waals surface area contributed by atoms with Crippen LogP contribution in [0.1, 0.15) is 40.8 Å². The zero-order valence-electron chi connectivity index (χ0n) is 17.0. The summed E-state index contributed by atoms with van der Waals surface area (Å²) in [4.78, 5) is 28.4. The van der Waals surface area contributed by atoms with Gasteiger partial charge in [-0.3, -0.25) is 14.9 Å². The summed E-state index contributed by atoms with van der Waals surface area (Å²) in [6.45, 7) is 3.34. The van der Waals surface area contributed by atoms with Gasteiger partial charge in [-0.1, -0.05) is 0 Å². The second-order valence-corrected chi connectivity index (χ2v) is 7.80. The topological polar surface area (TPSA) is 92.6 Å². The molecule has 3 aromatic heterocycles. The molecular weight excluding hydrogens is 378 g/mol. The Balaban J connectivity index is 1.35. The summed E-state index contributed by atoms with van der Waals surface area (Å²) >= 11 is 0. The Labute approximate surface area is 174 Å². The lowest BCUT2D eigenvalue weighted by molar-refractivity contribution is 0.0705. The third-order valence-electron chi connectivity index (χ3n) is 5.87. The molecule has 1 fully saturated rings. The Hall–Kier alpha value is -3.55. The Kier molecular flexibility index (Phi) is 4.54. The first-order valence-electron chi connectivity index (χ1n) is 10.1. The number of rotatable bonds is 3. The second-order valence-electron chi connectivity index (χ2n) is 7.80. The van der Waals surface area contributed by atoms with Gasteiger partial charge in [0.05, 0.1) is 11.0 Å². The third kappa shape index (κ3) is 3.24. The number of pyridine rings is 1. The molecule has 0 saturated carbocycles. The largest absolute Gasteiger partial charge is 0.338 e. The molecule has 0 spiro atoms. The van der Waals surface area contributed by atoms with Crippen LogP contribution in [0.2, 0.25) is 0 Å². The van der Waals surface area contributed by atoms with E-state index in [0.29, 0.717) is 17.9 Å². The molecule has 0 aliphatic carbocycles. The van der Waals surface area contributed by atoms with Gasteiger partial charge in [-0.05, 0) is 50.1 Å². The zero-order chi connectivity index (χ0) is 20.7. The maximum Gasteiger partial charge on any atom is 0.253 e. The number of nitrogens with zero attached hydrogens (tertiary/aromatic N) is 6. The van der Waals surface area contributed by atoms with Crippen molar-refractivity contribution in [3.63, 3.8) is 0 Å². The van der Waals surface area contributed by atoms with Crippen molar-refractivity contribution < 1.29 is 4.79 Å². The van der Waals surface area contributed by atoms with Crippen molar-refractivity contribution in [1.82, 2.24) is 34.6 Å². The van der Waals surface area contributed by atoms with Crippen molar-refractivity contribution >= 4 is 16.9 Å². The molecule has 1 aliphatic heterocycles. The normalized spacial score (nSPS) is 16.9. The average Bonchev–Trinajstić information content (AvgIpc) is 3.39. The quantitative estimate of drug-likeness (QED) is 0.569. The van der Waals surface area contributed by atoms with Gasteiger partial charge in [0.15, 0.2) is 5.82 Å². The van der Waals surface area contributed by atoms with Gasteiger partial charge >= 0.3 is 0 Å². The number of piperidine rings is 1. The summed E-state index contributed by atoms with van der Waals surface area (Å²) in [5.41, 5.74) is 3.44. The summed E-state index contributed by atoms with van der Waals surface area (Å²) in [5.74, 6) is 2.57. The van der Waals surface area contributed by atoms with Crippen LogP contribution in [0.15, 0.2) is 42.7 Å². The number of hydrogen-bond donors (Lipinski definition) is 1. The van der Waals surface area contributed by atoms with Crippen LogP contribution in [0, 0.1) is 6.92 Å². The third-order valence-corrected chi connectivity index (χ3v) is 5.87. The molecule has 152 valence electrons. The number of imidazole rings is 1. The number of amides is 1. The molecule has 5 rings (SSSR count). The van der Waals surface area contributed by atoms with E-state index in [2.05, 4.69) is 25.1 Å². The van der Waals surface area contributed by atoms with Crippen LogP contribution in [0.25, 0.3) is 22.4 Å². The minimum Gasteiger partial charge on any atom is -0.338 e. The first kappa shape index (κ1) is 18.5. The van der Waals surface area contributed by atoms with Crippen LogP contribution in [0.4, 0.5) is 0 Å². The predicted molar refractivity (Wildman–Crippen MR) is 113 cm³/mol. The first-order valence-corrected chi connectivity index (χ1v) is 10.1. The Morgan fingerprint density at radius 1 is 1.23 bits per heavy atom. The fraction of sp³-hybridized carbons (Fsp3) is 0.318. The number of benzene rings is 1. The van der Waals surface area contributed by atoms with E-state index in [9.17, 15) is 4.79 Å². The number of nitrogens with one attached hydrogen (secondary N) is 1. The van der Waals surface area contributed by atoms with E-state index in [4.69, 9.17) is 0 Å². The lowest BCUT2D eigenvalue weighted by atomic mass is 9.96. The molecule has 4 aromatic rings. The highest BCUT2D eigenvalue weighted by Gasteiger charge is 2.28. The molecule has 30 heavy (non-hydrogen) atoms. The van der Waals surface area contributed by atoms with Crippen molar-refractivity contribution in [2.75, 3.05) is 13.1 Å². The van der Waals surface area contributed by atoms with Gasteiger partial charge in [-0.25, -0.2) is 9.97 Å². The Bertz CT molecular complexity index is 1210. The second kappa shape index (κ2) is 7.37. The number of likely N-dealkylation sites (tertiary alicyclic amines) is 1. The van der Waals surface area contributed by atoms with Gasteiger partial charge < -0.3 is 9.47 Å². The van der Waals surface area contributed by atoms with Gasteiger partial charge in [0.2, 0.25) is 0 Å². The molecule has 0 bridgehead atoms. The van der Waals surface area contributed by atoms with Crippen molar-refractivity contribution in [3.8, 4) is 11.4 Å². The molecule has 1 aliphatic rings. The lowest BCUT2D eigenvalue weighted by Crippen LogP contribution is -2.39. The lowest BCUT2D eigenvalue weighted by Gasteiger charge is -2.31. The number of aromatic amines is 1. The summed E-state index contributed by atoms with van der Waals surface area (Å²) < 4.78 is 2.03. The van der Waals surface area contributed by atoms with Crippen molar-refractivity contribution in [2.45, 2.75) is 25.7 Å². The molecule has 4 heterocycles. The highest BCUT2D eigenvalue weighted by Crippen LogP contribution is 2.27. The van der Waals surface area contributed by atoms with E-state index < -0.39 is 0 Å². The van der Waals surface area contributed by atoms with Crippen LogP contribution >= 0.6 is 0 Å². The van der Waals surface area contributed by atoms with Crippen molar-refractivity contribution in [3.05, 3.63) is 59.9 Å². The summed E-state index contributed by atoms with van der Waals surface area (Å²) in [7, 11) is 1.98. The summed E-state index contributed by atoms with van der Waals surface area (Å²) in [6, 6.07) is 9.56. The van der Waals surface area contributed by atoms with Gasteiger partial charge in [-0.2, -0.15) is 5.10 Å². The van der Waals surface area contributed by atoms with Crippen LogP contribution in [0.5, 0.6) is 0 Å². The Morgan fingerprint density at radius 2 is 2.13 bits per heavy atom. The molecular formula is C22H23N7O. The predicted octanol–water partition coefficient (Wildman–Crippen LogP) is 3.08. The number of aromatic nitrogens is 6. The van der Waals surface area contributed by atoms with Crippen LogP contribution < -0.4 is 0 Å². The van der Waals surface area contributed by atoms with E-state index in [-0.39, 0.29) is 11.8 Å². The number of fused-ring (bicyclic) bond motifs is 1. The Morgan fingerprint density at radius 3 is 2.97 bits per heavy atom.